The molecule has 1 N–H and O–H groups in total. The van der Waals surface area contributed by atoms with Gasteiger partial charge in [0.15, 0.2) is 0 Å². The van der Waals surface area contributed by atoms with Gasteiger partial charge in [0.05, 0.1) is 0 Å². The summed E-state index contributed by atoms with van der Waals surface area (Å²) in [6.07, 6.45) is 3.97. The van der Waals surface area contributed by atoms with Crippen LogP contribution in [0.5, 0.6) is 0 Å². The van der Waals surface area contributed by atoms with Crippen molar-refractivity contribution < 1.29 is 9.90 Å². The molecule has 0 fully saturated rings. The number of fused-ring (bicyclic) bond motifs is 1. The van der Waals surface area contributed by atoms with Crippen molar-refractivity contribution in [3.05, 3.63) is 58.4 Å². The van der Waals surface area contributed by atoms with Crippen molar-refractivity contribution in [3.63, 3.8) is 0 Å². The van der Waals surface area contributed by atoms with Crippen molar-refractivity contribution in [2.75, 3.05) is 0 Å². The van der Waals surface area contributed by atoms with Gasteiger partial charge in [-0.15, -0.1) is 0 Å². The average Bonchev–Trinajstić information content (AvgIpc) is 2.60. The summed E-state index contributed by atoms with van der Waals surface area (Å²) in [4.78, 5) is 18.6. The molecule has 1 aliphatic carbocycles. The van der Waals surface area contributed by atoms with E-state index in [0.29, 0.717) is 5.69 Å². The summed E-state index contributed by atoms with van der Waals surface area (Å²) in [6, 6.07) is 7.85. The van der Waals surface area contributed by atoms with Gasteiger partial charge in [-0.3, -0.25) is 0 Å². The van der Waals surface area contributed by atoms with Gasteiger partial charge in [0.25, 0.3) is 0 Å². The van der Waals surface area contributed by atoms with E-state index in [1.165, 1.54) is 34.0 Å². The maximum atomic E-state index is 11.3. The molecule has 2 aromatic rings. The molecule has 1 aromatic carbocycles. The number of hydrogen-bond acceptors (Lipinski definition) is 2. The maximum absolute atomic E-state index is 11.3. The normalized spacial score (nSPS) is 16.8. The molecule has 0 atom stereocenters. The minimum atomic E-state index is -0.992. The second kappa shape index (κ2) is 7.15. The fourth-order valence-corrected chi connectivity index (χ4v) is 4.99. The molecule has 0 amide bonds. The van der Waals surface area contributed by atoms with Crippen LogP contribution >= 0.6 is 0 Å². The Balaban J connectivity index is 1.96. The van der Waals surface area contributed by atoms with Crippen LogP contribution in [-0.2, 0) is 10.8 Å². The van der Waals surface area contributed by atoms with Gasteiger partial charge in [-0.25, -0.2) is 0 Å². The molecule has 27 heavy (non-hydrogen) atoms. The number of carboxylic acid groups (broad SMARTS) is 1. The Hall–Kier alpha value is -2.08. The van der Waals surface area contributed by atoms with Crippen molar-refractivity contribution in [1.29, 1.82) is 0 Å². The Bertz CT molecular complexity index is 964. The number of pyridine rings is 1. The Morgan fingerprint density at radius 1 is 1.15 bits per heavy atom. The molecule has 0 saturated heterocycles. The van der Waals surface area contributed by atoms with Crippen molar-refractivity contribution in [3.8, 4) is 10.7 Å². The zero-order valence-electron chi connectivity index (χ0n) is 16.5. The van der Waals surface area contributed by atoms with Crippen LogP contribution < -0.4 is 4.46 Å². The third-order valence-electron chi connectivity index (χ3n) is 5.52. The van der Waals surface area contributed by atoms with Gasteiger partial charge < -0.3 is 0 Å². The van der Waals surface area contributed by atoms with Crippen LogP contribution in [0.15, 0.2) is 30.5 Å². The standard InChI is InChI=1S/C23H25NO2Se/c1-15-13-17-18(23(4,5)10-9-22(17,2)3)14-20(15)27-12-8-19-16(21(25)26)7-6-11-24-19/h6-7,11,13-14H,9-10H2,1-5H3,(H,25,26). The van der Waals surface area contributed by atoms with Crippen LogP contribution in [0.25, 0.3) is 0 Å². The van der Waals surface area contributed by atoms with E-state index in [-0.39, 0.29) is 31.4 Å². The van der Waals surface area contributed by atoms with Gasteiger partial charge in [-0.05, 0) is 0 Å². The Kier molecular flexibility index (Phi) is 5.21. The molecule has 4 heteroatoms. The number of carboxylic acids is 1. The summed E-state index contributed by atoms with van der Waals surface area (Å²) in [5, 5.41) is 9.26. The molecule has 0 spiro atoms. The fraction of sp³-hybridized carbons (Fsp3) is 0.391. The number of rotatable bonds is 2. The SMILES string of the molecule is Cc1cc2c(cc1[Se]C#Cc1ncccc1C(=O)O)C(C)(C)CCC2(C)C. The number of aryl methyl sites for hydroxylation is 1. The molecule has 1 aliphatic rings. The summed E-state index contributed by atoms with van der Waals surface area (Å²) < 4.78 is 1.27. The van der Waals surface area contributed by atoms with E-state index in [0.717, 1.165) is 0 Å². The van der Waals surface area contributed by atoms with E-state index in [9.17, 15) is 9.90 Å². The quantitative estimate of drug-likeness (QED) is 0.588. The predicted octanol–water partition coefficient (Wildman–Crippen LogP) is 3.78. The Labute approximate surface area is 167 Å². The number of aromatic nitrogens is 1. The summed E-state index contributed by atoms with van der Waals surface area (Å²) in [7, 11) is 0. The minimum absolute atomic E-state index is 0.0515. The third kappa shape index (κ3) is 3.95. The van der Waals surface area contributed by atoms with Crippen LogP contribution in [-0.4, -0.2) is 31.0 Å². The molecule has 0 aliphatic heterocycles. The summed E-state index contributed by atoms with van der Waals surface area (Å²) in [6.45, 7) is 11.5. The van der Waals surface area contributed by atoms with Crippen molar-refractivity contribution in [2.45, 2.75) is 58.3 Å². The van der Waals surface area contributed by atoms with Crippen LogP contribution in [0.1, 0.15) is 73.3 Å². The molecule has 3 rings (SSSR count). The Morgan fingerprint density at radius 3 is 2.41 bits per heavy atom. The molecule has 0 saturated carbocycles. The van der Waals surface area contributed by atoms with Gasteiger partial charge in [0.1, 0.15) is 0 Å². The third-order valence-corrected chi connectivity index (χ3v) is 7.33. The van der Waals surface area contributed by atoms with Crippen molar-refractivity contribution in [2.24, 2.45) is 0 Å². The Morgan fingerprint density at radius 2 is 1.78 bits per heavy atom. The first-order chi connectivity index (χ1) is 12.6. The number of benzene rings is 1. The van der Waals surface area contributed by atoms with E-state index in [2.05, 4.69) is 62.5 Å². The number of nitrogens with zero attached hydrogens (tertiary/aromatic N) is 1. The van der Waals surface area contributed by atoms with Crippen LogP contribution in [0.3, 0.4) is 0 Å². The van der Waals surface area contributed by atoms with Crippen LogP contribution in [0.2, 0.25) is 0 Å². The molecule has 0 bridgehead atoms. The van der Waals surface area contributed by atoms with Gasteiger partial charge in [0, 0.05) is 0 Å². The van der Waals surface area contributed by atoms with E-state index < -0.39 is 5.97 Å². The predicted molar refractivity (Wildman–Crippen MR) is 110 cm³/mol. The first kappa shape index (κ1) is 19.7. The van der Waals surface area contributed by atoms with Gasteiger partial charge in [-0.2, -0.15) is 0 Å². The fourth-order valence-electron chi connectivity index (χ4n) is 3.62. The molecular weight excluding hydrogens is 401 g/mol. The molecule has 140 valence electrons. The first-order valence-corrected chi connectivity index (χ1v) is 10.8. The average molecular weight is 426 g/mol. The van der Waals surface area contributed by atoms with Gasteiger partial charge in [0.2, 0.25) is 0 Å². The number of carbonyl (C=O) groups is 1. The molecule has 0 radical (unpaired) electrons. The van der Waals surface area contributed by atoms with Gasteiger partial charge >= 0.3 is 168 Å². The van der Waals surface area contributed by atoms with E-state index >= 15 is 0 Å². The van der Waals surface area contributed by atoms with E-state index in [1.807, 2.05) is 0 Å². The summed E-state index contributed by atoms with van der Waals surface area (Å²) in [5.41, 5.74) is 5.04. The topological polar surface area (TPSA) is 50.2 Å². The first-order valence-electron chi connectivity index (χ1n) is 9.13. The van der Waals surface area contributed by atoms with Crippen molar-refractivity contribution in [1.82, 2.24) is 4.98 Å². The molecule has 3 nitrogen and oxygen atoms in total. The molecule has 1 heterocycles. The summed E-state index contributed by atoms with van der Waals surface area (Å²) >= 11 is -0.0515. The zero-order chi connectivity index (χ0) is 19.8. The number of aromatic carboxylic acids is 1. The molecular formula is C23H25NO2Se. The van der Waals surface area contributed by atoms with E-state index in [4.69, 9.17) is 0 Å². The second-order valence-electron chi connectivity index (χ2n) is 8.46. The monoisotopic (exact) mass is 427 g/mol. The van der Waals surface area contributed by atoms with Gasteiger partial charge in [-0.1, -0.05) is 0 Å². The second-order valence-corrected chi connectivity index (χ2v) is 10.2. The van der Waals surface area contributed by atoms with E-state index in [1.54, 1.807) is 18.3 Å². The molecule has 1 aromatic heterocycles. The number of hydrogen-bond donors (Lipinski definition) is 1. The summed E-state index contributed by atoms with van der Waals surface area (Å²) in [5.74, 6) is 1.98. The zero-order valence-corrected chi connectivity index (χ0v) is 18.2. The van der Waals surface area contributed by atoms with Crippen molar-refractivity contribution >= 4 is 25.4 Å². The molecule has 0 unspecified atom stereocenters. The van der Waals surface area contributed by atoms with Crippen LogP contribution in [0.4, 0.5) is 0 Å². The van der Waals surface area contributed by atoms with Crippen LogP contribution in [0, 0.1) is 17.7 Å².